The average molecular weight is 645 g/mol. The van der Waals surface area contributed by atoms with E-state index < -0.39 is 0 Å². The first kappa shape index (κ1) is 29.4. The SMILES string of the molecule is c1ccc(C2CC3C4CCCCC4C4CCCC5C6CC(c7cccc(-c8cccc9c8oc8ccccc89)c7)CCC6C(C2)C3C45)cc1. The maximum atomic E-state index is 6.51. The zero-order valence-corrected chi connectivity index (χ0v) is 29.1. The van der Waals surface area contributed by atoms with Crippen LogP contribution in [0.1, 0.15) is 100 Å². The lowest BCUT2D eigenvalue weighted by Gasteiger charge is -2.68. The molecule has 5 aromatic rings. The van der Waals surface area contributed by atoms with Crippen LogP contribution in [0.15, 0.2) is 101 Å². The Labute approximate surface area is 292 Å². The summed E-state index contributed by atoms with van der Waals surface area (Å²) in [6, 6.07) is 36.7. The van der Waals surface area contributed by atoms with E-state index in [1.165, 1.54) is 79.7 Å². The van der Waals surface area contributed by atoms with Crippen LogP contribution in [0.4, 0.5) is 0 Å². The third-order valence-corrected chi connectivity index (χ3v) is 16.0. The molecule has 6 fully saturated rings. The highest BCUT2D eigenvalue weighted by Crippen LogP contribution is 2.70. The lowest BCUT2D eigenvalue weighted by molar-refractivity contribution is -0.190. The van der Waals surface area contributed by atoms with Gasteiger partial charge in [-0.25, -0.2) is 0 Å². The Hall–Kier alpha value is -3.32. The Balaban J connectivity index is 0.948. The second-order valence-corrected chi connectivity index (χ2v) is 17.7. The van der Waals surface area contributed by atoms with Crippen molar-refractivity contribution in [1.29, 1.82) is 0 Å². The molecule has 0 aliphatic heterocycles. The van der Waals surface area contributed by atoms with Crippen molar-refractivity contribution in [2.45, 2.75) is 88.9 Å². The highest BCUT2D eigenvalue weighted by Gasteiger charge is 2.63. The molecule has 1 nitrogen and oxygen atoms in total. The van der Waals surface area contributed by atoms with Gasteiger partial charge in [-0.2, -0.15) is 0 Å². The maximum absolute atomic E-state index is 6.51. The Morgan fingerprint density at radius 3 is 1.92 bits per heavy atom. The summed E-state index contributed by atoms with van der Waals surface area (Å²) in [7, 11) is 0. The van der Waals surface area contributed by atoms with E-state index in [2.05, 4.69) is 97.1 Å². The fourth-order valence-electron chi connectivity index (χ4n) is 14.5. The number of fused-ring (bicyclic) bond motifs is 9. The highest BCUT2D eigenvalue weighted by molar-refractivity contribution is 6.09. The third kappa shape index (κ3) is 4.55. The highest BCUT2D eigenvalue weighted by atomic mass is 16.3. The molecule has 250 valence electrons. The van der Waals surface area contributed by atoms with Crippen LogP contribution in [-0.4, -0.2) is 0 Å². The second kappa shape index (κ2) is 11.6. The molecule has 0 bridgehead atoms. The number of benzene rings is 4. The van der Waals surface area contributed by atoms with Gasteiger partial charge in [0.05, 0.1) is 0 Å². The number of para-hydroxylation sites is 2. The molecule has 1 heterocycles. The molecule has 12 unspecified atom stereocenters. The molecule has 0 saturated heterocycles. The molecule has 6 saturated carbocycles. The lowest BCUT2D eigenvalue weighted by Crippen LogP contribution is -2.62. The minimum absolute atomic E-state index is 0.684. The van der Waals surface area contributed by atoms with Gasteiger partial charge >= 0.3 is 0 Å². The molecule has 4 aromatic carbocycles. The summed E-state index contributed by atoms with van der Waals surface area (Å²) < 4.78 is 6.51. The molecule has 6 aliphatic carbocycles. The third-order valence-electron chi connectivity index (χ3n) is 16.0. The Morgan fingerprint density at radius 2 is 1.06 bits per heavy atom. The van der Waals surface area contributed by atoms with Crippen LogP contribution in [0, 0.1) is 59.2 Å². The molecule has 0 spiro atoms. The minimum atomic E-state index is 0.684. The van der Waals surface area contributed by atoms with Gasteiger partial charge in [0.25, 0.3) is 0 Å². The first-order valence-corrected chi connectivity index (χ1v) is 20.4. The molecule has 6 aliphatic rings. The molecule has 49 heavy (non-hydrogen) atoms. The van der Waals surface area contributed by atoms with Crippen LogP contribution in [0.2, 0.25) is 0 Å². The fraction of sp³-hybridized carbons (Fsp3) is 0.500. The number of hydrogen-bond donors (Lipinski definition) is 0. The first-order chi connectivity index (χ1) is 24.3. The van der Waals surface area contributed by atoms with Gasteiger partial charge in [-0.15, -0.1) is 0 Å². The molecule has 0 amide bonds. The van der Waals surface area contributed by atoms with Crippen LogP contribution in [0.25, 0.3) is 33.1 Å². The van der Waals surface area contributed by atoms with E-state index in [1.54, 1.807) is 30.4 Å². The number of hydrogen-bond acceptors (Lipinski definition) is 1. The summed E-state index contributed by atoms with van der Waals surface area (Å²) in [5.74, 6) is 11.4. The van der Waals surface area contributed by atoms with Gasteiger partial charge in [0.15, 0.2) is 0 Å². The van der Waals surface area contributed by atoms with Crippen LogP contribution in [-0.2, 0) is 0 Å². The van der Waals surface area contributed by atoms with Crippen LogP contribution in [0.3, 0.4) is 0 Å². The van der Waals surface area contributed by atoms with E-state index in [0.29, 0.717) is 5.92 Å². The number of furan rings is 1. The van der Waals surface area contributed by atoms with Gasteiger partial charge in [0, 0.05) is 16.3 Å². The van der Waals surface area contributed by atoms with Gasteiger partial charge < -0.3 is 4.42 Å². The van der Waals surface area contributed by atoms with E-state index in [9.17, 15) is 0 Å². The quantitative estimate of drug-likeness (QED) is 0.190. The van der Waals surface area contributed by atoms with Crippen LogP contribution < -0.4 is 0 Å². The smallest absolute Gasteiger partial charge is 0.143 e. The van der Waals surface area contributed by atoms with Crippen molar-refractivity contribution in [1.82, 2.24) is 0 Å². The Morgan fingerprint density at radius 1 is 0.429 bits per heavy atom. The van der Waals surface area contributed by atoms with Crippen molar-refractivity contribution < 1.29 is 4.42 Å². The molecule has 1 heteroatoms. The Kier molecular flexibility index (Phi) is 6.97. The molecule has 0 radical (unpaired) electrons. The molecule has 12 atom stereocenters. The summed E-state index contributed by atoms with van der Waals surface area (Å²) in [4.78, 5) is 0. The van der Waals surface area contributed by atoms with Crippen molar-refractivity contribution in [2.75, 3.05) is 0 Å². The zero-order valence-electron chi connectivity index (χ0n) is 29.1. The van der Waals surface area contributed by atoms with E-state index in [-0.39, 0.29) is 0 Å². The first-order valence-electron chi connectivity index (χ1n) is 20.4. The topological polar surface area (TPSA) is 13.1 Å². The largest absolute Gasteiger partial charge is 0.455 e. The van der Waals surface area contributed by atoms with Gasteiger partial charge in [0.1, 0.15) is 11.2 Å². The summed E-state index contributed by atoms with van der Waals surface area (Å²) in [6.45, 7) is 0. The number of rotatable bonds is 3. The monoisotopic (exact) mass is 644 g/mol. The van der Waals surface area contributed by atoms with Crippen LogP contribution in [0.5, 0.6) is 0 Å². The standard InChI is InChI=1S/C48H52O/c1-2-11-29(12-3-1)33-27-43-36-16-5-4-15-35(36)39-19-10-20-40-42-26-31(23-24-37(42)44(28-33)47(43)46(39)40)30-13-8-14-32(25-30)34-18-9-21-41-38-17-6-7-22-45(38)49-48(34)41/h1-3,6-9,11-14,17-18,21-22,25,31,33,35-37,39-40,42-44,46-47H,4-5,10,15-16,19-20,23-24,26-28H2. The minimum Gasteiger partial charge on any atom is -0.455 e. The molecule has 1 aromatic heterocycles. The van der Waals surface area contributed by atoms with E-state index in [1.807, 2.05) is 0 Å². The van der Waals surface area contributed by atoms with Gasteiger partial charge in [-0.05, 0) is 152 Å². The Bertz CT molecular complexity index is 1980. The summed E-state index contributed by atoms with van der Waals surface area (Å²) in [5.41, 5.74) is 7.82. The summed E-state index contributed by atoms with van der Waals surface area (Å²) in [5, 5.41) is 2.45. The molecule has 0 N–H and O–H groups in total. The zero-order chi connectivity index (χ0) is 32.1. The van der Waals surface area contributed by atoms with Crippen molar-refractivity contribution in [3.05, 3.63) is 108 Å². The van der Waals surface area contributed by atoms with Gasteiger partial charge in [-0.3, -0.25) is 0 Å². The summed E-state index contributed by atoms with van der Waals surface area (Å²) in [6.07, 6.45) is 17.9. The van der Waals surface area contributed by atoms with E-state index >= 15 is 0 Å². The van der Waals surface area contributed by atoms with E-state index in [0.717, 1.165) is 76.3 Å². The summed E-state index contributed by atoms with van der Waals surface area (Å²) >= 11 is 0. The lowest BCUT2D eigenvalue weighted by atomic mass is 9.37. The van der Waals surface area contributed by atoms with E-state index in [4.69, 9.17) is 4.42 Å². The molecular formula is C48H52O. The van der Waals surface area contributed by atoms with Gasteiger partial charge in [-0.1, -0.05) is 110 Å². The van der Waals surface area contributed by atoms with Crippen molar-refractivity contribution in [3.8, 4) is 11.1 Å². The van der Waals surface area contributed by atoms with Gasteiger partial charge in [0.2, 0.25) is 0 Å². The average Bonchev–Trinajstić information content (AvgIpc) is 3.56. The molecule has 11 rings (SSSR count). The fourth-order valence-corrected chi connectivity index (χ4v) is 14.5. The molecular weight excluding hydrogens is 593 g/mol. The van der Waals surface area contributed by atoms with Crippen molar-refractivity contribution >= 4 is 21.9 Å². The van der Waals surface area contributed by atoms with Crippen molar-refractivity contribution in [2.24, 2.45) is 59.2 Å². The van der Waals surface area contributed by atoms with Crippen molar-refractivity contribution in [3.63, 3.8) is 0 Å². The predicted octanol–water partition coefficient (Wildman–Crippen LogP) is 13.0. The maximum Gasteiger partial charge on any atom is 0.143 e. The van der Waals surface area contributed by atoms with Crippen LogP contribution >= 0.6 is 0 Å². The second-order valence-electron chi connectivity index (χ2n) is 17.7. The normalized spacial score (nSPS) is 38.0. The predicted molar refractivity (Wildman–Crippen MR) is 201 cm³/mol.